The molecule has 0 unspecified atom stereocenters. The summed E-state index contributed by atoms with van der Waals surface area (Å²) in [6, 6.07) is 6.35. The minimum Gasteiger partial charge on any atom is -0.335 e. The Hall–Kier alpha value is -1.27. The van der Waals surface area contributed by atoms with Crippen molar-refractivity contribution in [2.75, 3.05) is 11.6 Å². The van der Waals surface area contributed by atoms with E-state index in [1.54, 1.807) is 11.8 Å². The van der Waals surface area contributed by atoms with Crippen molar-refractivity contribution in [3.8, 4) is 0 Å². The first kappa shape index (κ1) is 13.7. The highest BCUT2D eigenvalue weighted by Crippen LogP contribution is 2.29. The molecule has 1 aliphatic carbocycles. The van der Waals surface area contributed by atoms with E-state index in [4.69, 9.17) is 0 Å². The van der Waals surface area contributed by atoms with Gasteiger partial charge in [0.05, 0.1) is 10.2 Å². The molecule has 0 spiro atoms. The minimum absolute atomic E-state index is 0.138. The van der Waals surface area contributed by atoms with Gasteiger partial charge in [-0.15, -0.1) is 11.8 Å². The predicted octanol–water partition coefficient (Wildman–Crippen LogP) is 4.08. The molecule has 0 atom stereocenters. The molecule has 1 aromatic carbocycles. The summed E-state index contributed by atoms with van der Waals surface area (Å²) >= 11 is 3.22. The standard InChI is InChI=1S/C14H17N3OS2/c1-19-10-6-7-11-12(8-10)20-14(16-11)17-13(18)15-9-4-2-3-5-9/h6-9H,2-5H2,1H3,(H2,15,16,17,18). The quantitative estimate of drug-likeness (QED) is 0.840. The van der Waals surface area contributed by atoms with Gasteiger partial charge in [-0.2, -0.15) is 0 Å². The number of thiazole rings is 1. The number of thioether (sulfide) groups is 1. The number of carbonyl (C=O) groups is 1. The monoisotopic (exact) mass is 307 g/mol. The summed E-state index contributed by atoms with van der Waals surface area (Å²) in [7, 11) is 0. The molecule has 4 nitrogen and oxygen atoms in total. The van der Waals surface area contributed by atoms with E-state index in [-0.39, 0.29) is 6.03 Å². The van der Waals surface area contributed by atoms with Crippen LogP contribution in [0.25, 0.3) is 10.2 Å². The Balaban J connectivity index is 1.68. The molecule has 1 aromatic heterocycles. The number of nitrogens with zero attached hydrogens (tertiary/aromatic N) is 1. The average molecular weight is 307 g/mol. The third-order valence-corrected chi connectivity index (χ3v) is 5.17. The summed E-state index contributed by atoms with van der Waals surface area (Å²) in [4.78, 5) is 17.6. The maximum Gasteiger partial charge on any atom is 0.321 e. The first-order chi connectivity index (χ1) is 9.74. The van der Waals surface area contributed by atoms with Crippen molar-refractivity contribution in [1.82, 2.24) is 10.3 Å². The van der Waals surface area contributed by atoms with Gasteiger partial charge in [0.25, 0.3) is 0 Å². The lowest BCUT2D eigenvalue weighted by molar-refractivity contribution is 0.248. The van der Waals surface area contributed by atoms with Crippen molar-refractivity contribution in [2.45, 2.75) is 36.6 Å². The Morgan fingerprint density at radius 2 is 2.20 bits per heavy atom. The molecule has 20 heavy (non-hydrogen) atoms. The molecule has 1 heterocycles. The summed E-state index contributed by atoms with van der Waals surface area (Å²) in [5.74, 6) is 0. The van der Waals surface area contributed by atoms with E-state index in [1.807, 2.05) is 6.07 Å². The van der Waals surface area contributed by atoms with Crippen LogP contribution in [0.4, 0.5) is 9.93 Å². The van der Waals surface area contributed by atoms with Gasteiger partial charge in [-0.25, -0.2) is 9.78 Å². The zero-order valence-electron chi connectivity index (χ0n) is 11.3. The molecule has 1 saturated carbocycles. The van der Waals surface area contributed by atoms with Crippen LogP contribution in [0.5, 0.6) is 0 Å². The smallest absolute Gasteiger partial charge is 0.321 e. The van der Waals surface area contributed by atoms with Crippen LogP contribution < -0.4 is 10.6 Å². The molecule has 3 rings (SSSR count). The van der Waals surface area contributed by atoms with Gasteiger partial charge < -0.3 is 5.32 Å². The van der Waals surface area contributed by atoms with Crippen molar-refractivity contribution < 1.29 is 4.79 Å². The minimum atomic E-state index is -0.138. The molecule has 6 heteroatoms. The zero-order chi connectivity index (χ0) is 13.9. The molecule has 0 bridgehead atoms. The molecular weight excluding hydrogens is 290 g/mol. The number of urea groups is 1. The van der Waals surface area contributed by atoms with E-state index < -0.39 is 0 Å². The normalized spacial score (nSPS) is 15.7. The molecule has 1 aliphatic rings. The lowest BCUT2D eigenvalue weighted by Crippen LogP contribution is -2.36. The van der Waals surface area contributed by atoms with Crippen molar-refractivity contribution in [1.29, 1.82) is 0 Å². The zero-order valence-corrected chi connectivity index (χ0v) is 12.9. The summed E-state index contributed by atoms with van der Waals surface area (Å²) in [6.45, 7) is 0. The second-order valence-corrected chi connectivity index (χ2v) is 6.84. The van der Waals surface area contributed by atoms with Crippen LogP contribution in [-0.2, 0) is 0 Å². The van der Waals surface area contributed by atoms with Gasteiger partial charge >= 0.3 is 6.03 Å². The van der Waals surface area contributed by atoms with Gasteiger partial charge in [0.2, 0.25) is 0 Å². The van der Waals surface area contributed by atoms with Crippen LogP contribution in [0, 0.1) is 0 Å². The molecular formula is C14H17N3OS2. The van der Waals surface area contributed by atoms with Crippen molar-refractivity contribution in [3.05, 3.63) is 18.2 Å². The van der Waals surface area contributed by atoms with Gasteiger partial charge in [-0.3, -0.25) is 5.32 Å². The van der Waals surface area contributed by atoms with Gasteiger partial charge in [0, 0.05) is 10.9 Å². The van der Waals surface area contributed by atoms with Crippen LogP contribution in [0.3, 0.4) is 0 Å². The predicted molar refractivity (Wildman–Crippen MR) is 85.8 cm³/mol. The highest BCUT2D eigenvalue weighted by Gasteiger charge is 2.17. The Bertz CT molecular complexity index is 620. The van der Waals surface area contributed by atoms with E-state index in [0.717, 1.165) is 23.1 Å². The molecule has 2 N–H and O–H groups in total. The summed E-state index contributed by atoms with van der Waals surface area (Å²) in [5, 5.41) is 6.51. The second kappa shape index (κ2) is 6.01. The highest BCUT2D eigenvalue weighted by molar-refractivity contribution is 7.98. The number of anilines is 1. The Kier molecular flexibility index (Phi) is 4.12. The van der Waals surface area contributed by atoms with E-state index in [2.05, 4.69) is 34.0 Å². The third-order valence-electron chi connectivity index (χ3n) is 3.51. The van der Waals surface area contributed by atoms with Crippen molar-refractivity contribution in [2.24, 2.45) is 0 Å². The largest absolute Gasteiger partial charge is 0.335 e. The number of amides is 2. The average Bonchev–Trinajstić information content (AvgIpc) is 3.06. The lowest BCUT2D eigenvalue weighted by Gasteiger charge is -2.11. The number of benzene rings is 1. The van der Waals surface area contributed by atoms with Gasteiger partial charge in [0.15, 0.2) is 5.13 Å². The maximum absolute atomic E-state index is 11.9. The SMILES string of the molecule is CSc1ccc2nc(NC(=O)NC3CCCC3)sc2c1. The number of nitrogens with one attached hydrogen (secondary N) is 2. The Morgan fingerprint density at radius 1 is 1.40 bits per heavy atom. The number of hydrogen-bond donors (Lipinski definition) is 2. The molecule has 0 saturated heterocycles. The number of aromatic nitrogens is 1. The summed E-state index contributed by atoms with van der Waals surface area (Å²) in [6.07, 6.45) is 6.65. The van der Waals surface area contributed by atoms with Crippen molar-refractivity contribution >= 4 is 44.5 Å². The number of rotatable bonds is 3. The molecule has 0 radical (unpaired) electrons. The van der Waals surface area contributed by atoms with Gasteiger partial charge in [0.1, 0.15) is 0 Å². The van der Waals surface area contributed by atoms with E-state index in [9.17, 15) is 4.79 Å². The Labute approximate surface area is 126 Å². The highest BCUT2D eigenvalue weighted by atomic mass is 32.2. The summed E-state index contributed by atoms with van der Waals surface area (Å²) in [5.41, 5.74) is 0.934. The van der Waals surface area contributed by atoms with Crippen LogP contribution in [0.1, 0.15) is 25.7 Å². The fourth-order valence-corrected chi connectivity index (χ4v) is 3.89. The van der Waals surface area contributed by atoms with Crippen LogP contribution >= 0.6 is 23.1 Å². The van der Waals surface area contributed by atoms with E-state index >= 15 is 0 Å². The number of hydrogen-bond acceptors (Lipinski definition) is 4. The maximum atomic E-state index is 11.9. The Morgan fingerprint density at radius 3 is 2.95 bits per heavy atom. The first-order valence-corrected chi connectivity index (χ1v) is 8.81. The fraction of sp³-hybridized carbons (Fsp3) is 0.429. The molecule has 0 aliphatic heterocycles. The topological polar surface area (TPSA) is 54.0 Å². The first-order valence-electron chi connectivity index (χ1n) is 6.77. The molecule has 2 amide bonds. The van der Waals surface area contributed by atoms with E-state index in [0.29, 0.717) is 11.2 Å². The lowest BCUT2D eigenvalue weighted by atomic mass is 10.3. The number of fused-ring (bicyclic) bond motifs is 1. The van der Waals surface area contributed by atoms with Crippen LogP contribution in [0.2, 0.25) is 0 Å². The number of carbonyl (C=O) groups excluding carboxylic acids is 1. The van der Waals surface area contributed by atoms with Gasteiger partial charge in [-0.05, 0) is 37.3 Å². The van der Waals surface area contributed by atoms with Crippen molar-refractivity contribution in [3.63, 3.8) is 0 Å². The van der Waals surface area contributed by atoms with Crippen LogP contribution in [0.15, 0.2) is 23.1 Å². The van der Waals surface area contributed by atoms with Gasteiger partial charge in [-0.1, -0.05) is 24.2 Å². The second-order valence-electron chi connectivity index (χ2n) is 4.93. The fourth-order valence-electron chi connectivity index (χ4n) is 2.47. The van der Waals surface area contributed by atoms with E-state index in [1.165, 1.54) is 29.1 Å². The molecule has 2 aromatic rings. The van der Waals surface area contributed by atoms with Crippen LogP contribution in [-0.4, -0.2) is 23.3 Å². The molecule has 106 valence electrons. The third kappa shape index (κ3) is 3.07. The summed E-state index contributed by atoms with van der Waals surface area (Å²) < 4.78 is 1.10. The molecule has 1 fully saturated rings.